The topological polar surface area (TPSA) is 45.2 Å². The third kappa shape index (κ3) is 5.39. The van der Waals surface area contributed by atoms with Gasteiger partial charge in [0.15, 0.2) is 0 Å². The largest absolute Gasteiger partial charge is 0.352 e. The van der Waals surface area contributed by atoms with Gasteiger partial charge < -0.3 is 10.2 Å². The van der Waals surface area contributed by atoms with E-state index < -0.39 is 0 Å². The lowest BCUT2D eigenvalue weighted by molar-refractivity contribution is -0.121. The van der Waals surface area contributed by atoms with Gasteiger partial charge in [0.05, 0.1) is 0 Å². The van der Waals surface area contributed by atoms with Crippen molar-refractivity contribution in [2.24, 2.45) is 0 Å². The van der Waals surface area contributed by atoms with Crippen LogP contribution in [0.2, 0.25) is 0 Å². The summed E-state index contributed by atoms with van der Waals surface area (Å²) in [4.78, 5) is 18.2. The molecule has 2 rings (SSSR count). The van der Waals surface area contributed by atoms with Crippen LogP contribution in [0.1, 0.15) is 37.7 Å². The maximum absolute atomic E-state index is 11.8. The number of carbonyl (C=O) groups excluding carboxylic acids is 1. The molecule has 4 heteroatoms. The zero-order valence-corrected chi connectivity index (χ0v) is 11.5. The van der Waals surface area contributed by atoms with Crippen molar-refractivity contribution < 1.29 is 4.79 Å². The fraction of sp³-hybridized carbons (Fsp3) is 0.600. The van der Waals surface area contributed by atoms with Crippen LogP contribution in [0.5, 0.6) is 0 Å². The number of hydrogen-bond donors (Lipinski definition) is 1. The highest BCUT2D eigenvalue weighted by atomic mass is 16.1. The maximum atomic E-state index is 11.8. The first-order valence-electron chi connectivity index (χ1n) is 7.22. The summed E-state index contributed by atoms with van der Waals surface area (Å²) in [6, 6.07) is 3.85. The zero-order chi connectivity index (χ0) is 13.3. The molecule has 19 heavy (non-hydrogen) atoms. The Morgan fingerprint density at radius 1 is 1.16 bits per heavy atom. The van der Waals surface area contributed by atoms with Crippen molar-refractivity contribution in [3.8, 4) is 0 Å². The summed E-state index contributed by atoms with van der Waals surface area (Å²) in [5.41, 5.74) is 1.10. The number of rotatable bonds is 5. The van der Waals surface area contributed by atoms with Gasteiger partial charge in [-0.15, -0.1) is 0 Å². The highest BCUT2D eigenvalue weighted by molar-refractivity contribution is 5.76. The van der Waals surface area contributed by atoms with E-state index in [1.54, 1.807) is 12.4 Å². The number of aromatic nitrogens is 1. The van der Waals surface area contributed by atoms with E-state index in [1.807, 2.05) is 12.1 Å². The molecule has 0 aromatic carbocycles. The van der Waals surface area contributed by atoms with Gasteiger partial charge in [0, 0.05) is 31.9 Å². The van der Waals surface area contributed by atoms with Crippen LogP contribution >= 0.6 is 0 Å². The third-order valence-corrected chi connectivity index (χ3v) is 3.59. The Hall–Kier alpha value is -1.42. The highest BCUT2D eigenvalue weighted by Crippen LogP contribution is 2.09. The normalized spacial score (nSPS) is 16.8. The summed E-state index contributed by atoms with van der Waals surface area (Å²) >= 11 is 0. The fourth-order valence-corrected chi connectivity index (χ4v) is 2.41. The predicted molar refractivity (Wildman–Crippen MR) is 75.6 cm³/mol. The van der Waals surface area contributed by atoms with Crippen LogP contribution < -0.4 is 5.32 Å². The first-order valence-corrected chi connectivity index (χ1v) is 7.22. The van der Waals surface area contributed by atoms with Crippen LogP contribution in [0.25, 0.3) is 0 Å². The van der Waals surface area contributed by atoms with E-state index in [4.69, 9.17) is 0 Å². The second-order valence-corrected chi connectivity index (χ2v) is 5.14. The molecule has 0 unspecified atom stereocenters. The summed E-state index contributed by atoms with van der Waals surface area (Å²) in [5.74, 6) is 0.140. The van der Waals surface area contributed by atoms with Crippen LogP contribution in [0.3, 0.4) is 0 Å². The Morgan fingerprint density at radius 3 is 2.53 bits per heavy atom. The molecular weight excluding hydrogens is 238 g/mol. The molecule has 1 aromatic heterocycles. The molecule has 1 aliphatic heterocycles. The maximum Gasteiger partial charge on any atom is 0.221 e. The number of carbonyl (C=O) groups is 1. The van der Waals surface area contributed by atoms with Gasteiger partial charge in [-0.3, -0.25) is 9.78 Å². The number of nitrogens with zero attached hydrogens (tertiary/aromatic N) is 2. The first kappa shape index (κ1) is 14.0. The van der Waals surface area contributed by atoms with E-state index >= 15 is 0 Å². The summed E-state index contributed by atoms with van der Waals surface area (Å²) in [6.07, 6.45) is 9.33. The second-order valence-electron chi connectivity index (χ2n) is 5.14. The van der Waals surface area contributed by atoms with Crippen molar-refractivity contribution >= 4 is 5.91 Å². The van der Waals surface area contributed by atoms with Crippen molar-refractivity contribution in [2.45, 2.75) is 38.6 Å². The Balaban J connectivity index is 1.64. The lowest BCUT2D eigenvalue weighted by Crippen LogP contribution is -2.31. The van der Waals surface area contributed by atoms with Gasteiger partial charge in [-0.2, -0.15) is 0 Å². The SMILES string of the molecule is O=C(CCN1CCCCCC1)NCc1ccncc1. The van der Waals surface area contributed by atoms with E-state index in [1.165, 1.54) is 25.7 Å². The molecule has 4 nitrogen and oxygen atoms in total. The first-order chi connectivity index (χ1) is 9.34. The van der Waals surface area contributed by atoms with Gasteiger partial charge in [0.2, 0.25) is 5.91 Å². The molecule has 1 N–H and O–H groups in total. The monoisotopic (exact) mass is 261 g/mol. The molecule has 2 heterocycles. The molecular formula is C15H23N3O. The molecule has 0 bridgehead atoms. The molecule has 1 amide bonds. The predicted octanol–water partition coefficient (Wildman–Crippen LogP) is 1.96. The molecule has 1 saturated heterocycles. The second kappa shape index (κ2) is 7.89. The van der Waals surface area contributed by atoms with E-state index in [0.29, 0.717) is 13.0 Å². The van der Waals surface area contributed by atoms with E-state index in [0.717, 1.165) is 25.2 Å². The Morgan fingerprint density at radius 2 is 1.84 bits per heavy atom. The number of nitrogens with one attached hydrogen (secondary N) is 1. The van der Waals surface area contributed by atoms with Crippen LogP contribution in [0.4, 0.5) is 0 Å². The number of hydrogen-bond acceptors (Lipinski definition) is 3. The van der Waals surface area contributed by atoms with Gasteiger partial charge in [0.25, 0.3) is 0 Å². The molecule has 1 aromatic rings. The van der Waals surface area contributed by atoms with Crippen molar-refractivity contribution in [3.05, 3.63) is 30.1 Å². The van der Waals surface area contributed by atoms with Gasteiger partial charge in [-0.25, -0.2) is 0 Å². The van der Waals surface area contributed by atoms with Crippen LogP contribution in [0.15, 0.2) is 24.5 Å². The van der Waals surface area contributed by atoms with Crippen molar-refractivity contribution in [3.63, 3.8) is 0 Å². The van der Waals surface area contributed by atoms with E-state index in [2.05, 4.69) is 15.2 Å². The average Bonchev–Trinajstić information content (AvgIpc) is 2.73. The van der Waals surface area contributed by atoms with Crippen LogP contribution in [0, 0.1) is 0 Å². The molecule has 0 spiro atoms. The van der Waals surface area contributed by atoms with Crippen molar-refractivity contribution in [2.75, 3.05) is 19.6 Å². The van der Waals surface area contributed by atoms with Crippen molar-refractivity contribution in [1.82, 2.24) is 15.2 Å². The Labute approximate surface area is 115 Å². The minimum Gasteiger partial charge on any atom is -0.352 e. The molecule has 104 valence electrons. The quantitative estimate of drug-likeness (QED) is 0.881. The highest BCUT2D eigenvalue weighted by Gasteiger charge is 2.10. The van der Waals surface area contributed by atoms with Gasteiger partial charge in [-0.1, -0.05) is 12.8 Å². The lowest BCUT2D eigenvalue weighted by Gasteiger charge is -2.19. The molecule has 0 aliphatic carbocycles. The van der Waals surface area contributed by atoms with Crippen LogP contribution in [-0.2, 0) is 11.3 Å². The molecule has 1 aliphatic rings. The third-order valence-electron chi connectivity index (χ3n) is 3.59. The van der Waals surface area contributed by atoms with Gasteiger partial charge >= 0.3 is 0 Å². The minimum atomic E-state index is 0.140. The Bertz CT molecular complexity index is 372. The number of likely N-dealkylation sites (tertiary alicyclic amines) is 1. The summed E-state index contributed by atoms with van der Waals surface area (Å²) in [6.45, 7) is 3.79. The summed E-state index contributed by atoms with van der Waals surface area (Å²) in [7, 11) is 0. The van der Waals surface area contributed by atoms with Crippen LogP contribution in [-0.4, -0.2) is 35.4 Å². The Kier molecular flexibility index (Phi) is 5.82. The standard InChI is InChI=1S/C15H23N3O/c19-15(17-13-14-5-8-16-9-6-14)7-12-18-10-3-1-2-4-11-18/h5-6,8-9H,1-4,7,10-13H2,(H,17,19). The van der Waals surface area contributed by atoms with E-state index in [9.17, 15) is 4.79 Å². The molecule has 1 fully saturated rings. The minimum absolute atomic E-state index is 0.140. The number of pyridine rings is 1. The lowest BCUT2D eigenvalue weighted by atomic mass is 10.2. The smallest absolute Gasteiger partial charge is 0.221 e. The van der Waals surface area contributed by atoms with Gasteiger partial charge in [0.1, 0.15) is 0 Å². The average molecular weight is 261 g/mol. The molecule has 0 saturated carbocycles. The summed E-state index contributed by atoms with van der Waals surface area (Å²) < 4.78 is 0. The van der Waals surface area contributed by atoms with Gasteiger partial charge in [-0.05, 0) is 43.6 Å². The molecule has 0 radical (unpaired) electrons. The molecule has 0 atom stereocenters. The summed E-state index contributed by atoms with van der Waals surface area (Å²) in [5, 5.41) is 2.96. The fourth-order valence-electron chi connectivity index (χ4n) is 2.41. The zero-order valence-electron chi connectivity index (χ0n) is 11.5. The number of amides is 1. The van der Waals surface area contributed by atoms with E-state index in [-0.39, 0.29) is 5.91 Å². The van der Waals surface area contributed by atoms with Crippen molar-refractivity contribution in [1.29, 1.82) is 0 Å².